The Morgan fingerprint density at radius 2 is 0.863 bits per heavy atom. The zero-order valence-electron chi connectivity index (χ0n) is 27.9. The van der Waals surface area contributed by atoms with Crippen molar-refractivity contribution in [3.63, 3.8) is 0 Å². The lowest BCUT2D eigenvalue weighted by molar-refractivity contribution is 1.17. The molecule has 0 aliphatic heterocycles. The van der Waals surface area contributed by atoms with Crippen LogP contribution in [0, 0.1) is 0 Å². The maximum absolute atomic E-state index is 2.46. The molecule has 0 bridgehead atoms. The minimum atomic E-state index is 1.12. The molecule has 0 amide bonds. The molecule has 240 valence electrons. The number of fused-ring (bicyclic) bond motifs is 7. The first kappa shape index (κ1) is 29.1. The zero-order valence-corrected chi connectivity index (χ0v) is 27.9. The molecule has 2 aromatic heterocycles. The fraction of sp³-hybridized carbons (Fsp3) is 0. The number of anilines is 3. The number of hydrogen-bond acceptors (Lipinski definition) is 1. The van der Waals surface area contributed by atoms with Crippen LogP contribution in [-0.4, -0.2) is 9.13 Å². The van der Waals surface area contributed by atoms with Crippen molar-refractivity contribution in [1.29, 1.82) is 0 Å². The van der Waals surface area contributed by atoms with E-state index in [2.05, 4.69) is 214 Å². The van der Waals surface area contributed by atoms with Crippen LogP contribution < -0.4 is 4.90 Å². The number of benzene rings is 8. The van der Waals surface area contributed by atoms with Gasteiger partial charge in [0, 0.05) is 50.0 Å². The van der Waals surface area contributed by atoms with E-state index in [0.717, 1.165) is 28.4 Å². The minimum Gasteiger partial charge on any atom is -0.310 e. The van der Waals surface area contributed by atoms with Crippen molar-refractivity contribution in [2.45, 2.75) is 0 Å². The predicted molar refractivity (Wildman–Crippen MR) is 215 cm³/mol. The van der Waals surface area contributed by atoms with Crippen molar-refractivity contribution in [2.24, 2.45) is 0 Å². The van der Waals surface area contributed by atoms with E-state index in [9.17, 15) is 0 Å². The number of para-hydroxylation sites is 5. The average Bonchev–Trinajstić information content (AvgIpc) is 3.72. The van der Waals surface area contributed by atoms with Crippen molar-refractivity contribution in [3.05, 3.63) is 200 Å². The highest BCUT2D eigenvalue weighted by Crippen LogP contribution is 2.42. The van der Waals surface area contributed by atoms with Crippen molar-refractivity contribution in [3.8, 4) is 22.5 Å². The van der Waals surface area contributed by atoms with E-state index < -0.39 is 0 Å². The molecule has 10 aromatic rings. The molecule has 8 aromatic carbocycles. The Morgan fingerprint density at radius 1 is 0.314 bits per heavy atom. The van der Waals surface area contributed by atoms with E-state index in [-0.39, 0.29) is 0 Å². The summed E-state index contributed by atoms with van der Waals surface area (Å²) >= 11 is 0. The van der Waals surface area contributed by atoms with Gasteiger partial charge in [0.2, 0.25) is 0 Å². The van der Waals surface area contributed by atoms with Crippen LogP contribution in [0.15, 0.2) is 200 Å². The second kappa shape index (κ2) is 11.9. The minimum absolute atomic E-state index is 1.12. The monoisotopic (exact) mass is 651 g/mol. The highest BCUT2D eigenvalue weighted by atomic mass is 15.1. The summed E-state index contributed by atoms with van der Waals surface area (Å²) in [5.74, 6) is 0. The van der Waals surface area contributed by atoms with Crippen molar-refractivity contribution in [2.75, 3.05) is 4.90 Å². The van der Waals surface area contributed by atoms with Crippen LogP contribution in [0.25, 0.3) is 66.1 Å². The van der Waals surface area contributed by atoms with E-state index in [1.807, 2.05) is 0 Å². The van der Waals surface area contributed by atoms with Crippen LogP contribution in [-0.2, 0) is 0 Å². The van der Waals surface area contributed by atoms with Crippen LogP contribution >= 0.6 is 0 Å². The van der Waals surface area contributed by atoms with Crippen LogP contribution in [0.5, 0.6) is 0 Å². The number of rotatable bonds is 6. The van der Waals surface area contributed by atoms with Crippen LogP contribution in [0.4, 0.5) is 17.1 Å². The molecule has 2 heterocycles. The molecule has 0 fully saturated rings. The molecule has 0 saturated heterocycles. The molecule has 0 aliphatic rings. The first-order chi connectivity index (χ1) is 25.3. The summed E-state index contributed by atoms with van der Waals surface area (Å²) < 4.78 is 4.86. The summed E-state index contributed by atoms with van der Waals surface area (Å²) in [4.78, 5) is 2.31. The third-order valence-electron chi connectivity index (χ3n) is 10.1. The Bertz CT molecular complexity index is 2790. The second-order valence-electron chi connectivity index (χ2n) is 13.0. The number of aromatic nitrogens is 2. The molecule has 3 heteroatoms. The van der Waals surface area contributed by atoms with Gasteiger partial charge in [-0.15, -0.1) is 0 Å². The summed E-state index contributed by atoms with van der Waals surface area (Å²) in [6, 6.07) is 71.9. The van der Waals surface area contributed by atoms with Crippen LogP contribution in [0.1, 0.15) is 0 Å². The Kier molecular flexibility index (Phi) is 6.81. The lowest BCUT2D eigenvalue weighted by Gasteiger charge is -2.26. The van der Waals surface area contributed by atoms with Gasteiger partial charge in [-0.2, -0.15) is 0 Å². The molecule has 0 aliphatic carbocycles. The predicted octanol–water partition coefficient (Wildman–Crippen LogP) is 13.0. The second-order valence-corrected chi connectivity index (χ2v) is 13.0. The smallest absolute Gasteiger partial charge is 0.0641 e. The molecular weight excluding hydrogens is 619 g/mol. The van der Waals surface area contributed by atoms with E-state index >= 15 is 0 Å². The maximum Gasteiger partial charge on any atom is 0.0641 e. The zero-order chi connectivity index (χ0) is 33.7. The van der Waals surface area contributed by atoms with Crippen molar-refractivity contribution < 1.29 is 0 Å². The van der Waals surface area contributed by atoms with Gasteiger partial charge in [-0.3, -0.25) is 0 Å². The first-order valence-corrected chi connectivity index (χ1v) is 17.5. The molecule has 0 atom stereocenters. The first-order valence-electron chi connectivity index (χ1n) is 17.5. The van der Waals surface area contributed by atoms with Crippen LogP contribution in [0.2, 0.25) is 0 Å². The Labute approximate surface area is 296 Å². The molecular formula is C48H33N3. The topological polar surface area (TPSA) is 13.1 Å². The van der Waals surface area contributed by atoms with Gasteiger partial charge in [-0.1, -0.05) is 121 Å². The molecule has 0 unspecified atom stereocenters. The summed E-state index contributed by atoms with van der Waals surface area (Å²) in [5, 5.41) is 5.03. The summed E-state index contributed by atoms with van der Waals surface area (Å²) in [5.41, 5.74) is 12.9. The van der Waals surface area contributed by atoms with Gasteiger partial charge in [0.25, 0.3) is 0 Å². The van der Waals surface area contributed by atoms with Gasteiger partial charge < -0.3 is 14.0 Å². The third-order valence-corrected chi connectivity index (χ3v) is 10.1. The van der Waals surface area contributed by atoms with Gasteiger partial charge in [0.05, 0.1) is 22.1 Å². The normalized spacial score (nSPS) is 11.5. The lowest BCUT2D eigenvalue weighted by atomic mass is 10.0. The molecule has 0 saturated carbocycles. The van der Waals surface area contributed by atoms with Gasteiger partial charge in [-0.25, -0.2) is 0 Å². The molecule has 51 heavy (non-hydrogen) atoms. The summed E-state index contributed by atoms with van der Waals surface area (Å²) in [6.07, 6.45) is 0. The van der Waals surface area contributed by atoms with E-state index in [1.165, 1.54) is 54.7 Å². The van der Waals surface area contributed by atoms with Crippen molar-refractivity contribution in [1.82, 2.24) is 9.13 Å². The maximum atomic E-state index is 2.46. The number of hydrogen-bond donors (Lipinski definition) is 0. The van der Waals surface area contributed by atoms with E-state index in [1.54, 1.807) is 0 Å². The Morgan fingerprint density at radius 3 is 1.55 bits per heavy atom. The van der Waals surface area contributed by atoms with Crippen molar-refractivity contribution >= 4 is 60.7 Å². The Balaban J connectivity index is 1.14. The number of nitrogens with zero attached hydrogens (tertiary/aromatic N) is 3. The quantitative estimate of drug-likeness (QED) is 0.174. The SMILES string of the molecule is c1ccc(N(c2ccccc2)c2cccc(-c3ccc(-n4c5ccccc5c5ccc6c(c7ccccc7n6-c6ccccc6)c54)cc3)c2)cc1. The van der Waals surface area contributed by atoms with Gasteiger partial charge in [0.1, 0.15) is 0 Å². The molecule has 0 spiro atoms. The molecule has 3 nitrogen and oxygen atoms in total. The van der Waals surface area contributed by atoms with E-state index in [0.29, 0.717) is 0 Å². The highest BCUT2D eigenvalue weighted by Gasteiger charge is 2.21. The fourth-order valence-corrected chi connectivity index (χ4v) is 7.86. The van der Waals surface area contributed by atoms with Gasteiger partial charge in [-0.05, 0) is 90.0 Å². The van der Waals surface area contributed by atoms with Crippen LogP contribution in [0.3, 0.4) is 0 Å². The third kappa shape index (κ3) is 4.74. The molecule has 0 N–H and O–H groups in total. The molecule has 10 rings (SSSR count). The summed E-state index contributed by atoms with van der Waals surface area (Å²) in [6.45, 7) is 0. The van der Waals surface area contributed by atoms with Gasteiger partial charge >= 0.3 is 0 Å². The highest BCUT2D eigenvalue weighted by molar-refractivity contribution is 6.26. The standard InChI is InChI=1S/C48H33N3/c1-4-16-36(17-5-1)49(37-18-6-2-7-19-37)40-22-14-15-35(33-40)34-27-29-39(30-28-34)51-44-25-12-10-23-41(44)42-31-32-46-47(48(42)51)43-24-11-13-26-45(43)50(46)38-20-8-3-9-21-38/h1-33H. The average molecular weight is 652 g/mol. The molecule has 0 radical (unpaired) electrons. The fourth-order valence-electron chi connectivity index (χ4n) is 7.86. The Hall–Kier alpha value is -6.84. The van der Waals surface area contributed by atoms with E-state index in [4.69, 9.17) is 0 Å². The van der Waals surface area contributed by atoms with Gasteiger partial charge in [0.15, 0.2) is 0 Å². The summed E-state index contributed by atoms with van der Waals surface area (Å²) in [7, 11) is 0. The lowest BCUT2D eigenvalue weighted by Crippen LogP contribution is -2.09. The largest absolute Gasteiger partial charge is 0.310 e.